The van der Waals surface area contributed by atoms with Crippen molar-refractivity contribution in [1.29, 1.82) is 0 Å². The Balaban J connectivity index is 1.51. The van der Waals surface area contributed by atoms with Crippen LogP contribution in [0.2, 0.25) is 0 Å². The second-order valence-electron chi connectivity index (χ2n) is 8.33. The maximum Gasteiger partial charge on any atom is 0.119 e. The molecular weight excluding hydrogens is 470 g/mol. The van der Waals surface area contributed by atoms with Gasteiger partial charge in [0.2, 0.25) is 0 Å². The van der Waals surface area contributed by atoms with Crippen molar-refractivity contribution >= 4 is 39.7 Å². The van der Waals surface area contributed by atoms with Gasteiger partial charge in [-0.25, -0.2) is 0 Å². The first-order valence-corrected chi connectivity index (χ1v) is 13.1. The van der Waals surface area contributed by atoms with Crippen LogP contribution < -0.4 is 14.4 Å². The summed E-state index contributed by atoms with van der Waals surface area (Å²) in [7, 11) is 3.37. The molecule has 0 N–H and O–H groups in total. The van der Waals surface area contributed by atoms with Crippen LogP contribution in [-0.4, -0.2) is 14.2 Å². The van der Waals surface area contributed by atoms with E-state index in [1.165, 1.54) is 31.3 Å². The van der Waals surface area contributed by atoms with E-state index in [0.717, 1.165) is 28.6 Å². The number of hydrogen-bond acceptors (Lipinski definition) is 5. The summed E-state index contributed by atoms with van der Waals surface area (Å²) < 4.78 is 10.7. The number of aryl methyl sites for hydroxylation is 2. The molecule has 0 aliphatic heterocycles. The van der Waals surface area contributed by atoms with Crippen molar-refractivity contribution < 1.29 is 9.47 Å². The number of nitrogens with zero attached hydrogens (tertiary/aromatic N) is 1. The number of thiophene rings is 2. The van der Waals surface area contributed by atoms with E-state index in [1.54, 1.807) is 14.2 Å². The summed E-state index contributed by atoms with van der Waals surface area (Å²) in [6.45, 7) is 4.38. The standard InChI is InChI=1S/C30H27NO2S2/c1-20-17-18-34-30(20)28-19-21(2)29(35-28)22-5-7-23(8-6-22)31(24-9-13-26(32-3)14-10-24)25-11-15-27(33-4)16-12-25/h5-19H,1-4H3. The molecule has 0 aliphatic rings. The molecule has 2 aromatic heterocycles. The lowest BCUT2D eigenvalue weighted by atomic mass is 10.1. The minimum Gasteiger partial charge on any atom is -0.497 e. The van der Waals surface area contributed by atoms with Crippen molar-refractivity contribution in [3.63, 3.8) is 0 Å². The van der Waals surface area contributed by atoms with E-state index in [0.29, 0.717) is 0 Å². The predicted molar refractivity (Wildman–Crippen MR) is 150 cm³/mol. The van der Waals surface area contributed by atoms with Gasteiger partial charge in [0.05, 0.1) is 14.2 Å². The highest BCUT2D eigenvalue weighted by atomic mass is 32.1. The number of ether oxygens (including phenoxy) is 2. The maximum absolute atomic E-state index is 5.37. The number of anilines is 3. The van der Waals surface area contributed by atoms with E-state index in [1.807, 2.05) is 46.9 Å². The topological polar surface area (TPSA) is 21.7 Å². The van der Waals surface area contributed by atoms with Crippen LogP contribution in [-0.2, 0) is 0 Å². The first-order chi connectivity index (χ1) is 17.1. The van der Waals surface area contributed by atoms with Gasteiger partial charge in [-0.1, -0.05) is 12.1 Å². The fraction of sp³-hybridized carbons (Fsp3) is 0.133. The van der Waals surface area contributed by atoms with Crippen LogP contribution in [0.4, 0.5) is 17.1 Å². The molecule has 5 aromatic rings. The van der Waals surface area contributed by atoms with Crippen molar-refractivity contribution in [2.45, 2.75) is 13.8 Å². The third-order valence-corrected chi connectivity index (χ3v) is 8.54. The van der Waals surface area contributed by atoms with E-state index in [2.05, 4.69) is 84.8 Å². The van der Waals surface area contributed by atoms with Gasteiger partial charge in [0.15, 0.2) is 0 Å². The predicted octanol–water partition coefficient (Wildman–Crippen LogP) is 9.25. The highest BCUT2D eigenvalue weighted by Crippen LogP contribution is 2.42. The third kappa shape index (κ3) is 4.70. The SMILES string of the molecule is COc1ccc(N(c2ccc(OC)cc2)c2ccc(-c3sc(-c4sccc4C)cc3C)cc2)cc1. The summed E-state index contributed by atoms with van der Waals surface area (Å²) >= 11 is 3.68. The van der Waals surface area contributed by atoms with Crippen molar-refractivity contribution in [2.24, 2.45) is 0 Å². The number of benzene rings is 3. The molecule has 0 bridgehead atoms. The Bertz CT molecular complexity index is 1370. The Kier molecular flexibility index (Phi) is 6.62. The van der Waals surface area contributed by atoms with Gasteiger partial charge in [-0.3, -0.25) is 0 Å². The molecule has 0 amide bonds. The molecule has 0 unspecified atom stereocenters. The van der Waals surface area contributed by atoms with Gasteiger partial charge in [0.25, 0.3) is 0 Å². The molecule has 5 heteroatoms. The fourth-order valence-electron chi connectivity index (χ4n) is 4.18. The van der Waals surface area contributed by atoms with Gasteiger partial charge < -0.3 is 14.4 Å². The Labute approximate surface area is 214 Å². The van der Waals surface area contributed by atoms with Crippen molar-refractivity contribution in [3.05, 3.63) is 101 Å². The zero-order valence-corrected chi connectivity index (χ0v) is 21.9. The minimum absolute atomic E-state index is 0.837. The van der Waals surface area contributed by atoms with Crippen LogP contribution in [0.3, 0.4) is 0 Å². The Morgan fingerprint density at radius 2 is 1.11 bits per heavy atom. The lowest BCUT2D eigenvalue weighted by Gasteiger charge is -2.26. The smallest absolute Gasteiger partial charge is 0.119 e. The number of rotatable bonds is 7. The molecule has 0 aliphatic carbocycles. The Hall–Kier alpha value is -3.54. The van der Waals surface area contributed by atoms with Gasteiger partial charge in [0, 0.05) is 31.7 Å². The lowest BCUT2D eigenvalue weighted by molar-refractivity contribution is 0.415. The molecule has 0 fully saturated rings. The van der Waals surface area contributed by atoms with Crippen LogP contribution in [0.25, 0.3) is 20.2 Å². The molecule has 0 saturated heterocycles. The second kappa shape index (κ2) is 9.98. The molecular formula is C30H27NO2S2. The van der Waals surface area contributed by atoms with Gasteiger partial charge in [-0.05, 0) is 109 Å². The summed E-state index contributed by atoms with van der Waals surface area (Å²) in [5, 5.41) is 2.17. The Morgan fingerprint density at radius 3 is 1.57 bits per heavy atom. The molecule has 3 aromatic carbocycles. The number of hydrogen-bond donors (Lipinski definition) is 0. The third-order valence-electron chi connectivity index (χ3n) is 6.05. The van der Waals surface area contributed by atoms with Crippen molar-refractivity contribution in [2.75, 3.05) is 19.1 Å². The zero-order chi connectivity index (χ0) is 24.4. The summed E-state index contributed by atoms with van der Waals surface area (Å²) in [6.07, 6.45) is 0. The molecule has 35 heavy (non-hydrogen) atoms. The largest absolute Gasteiger partial charge is 0.497 e. The summed E-state index contributed by atoms with van der Waals surface area (Å²) in [6, 6.07) is 29.6. The summed E-state index contributed by atoms with van der Waals surface area (Å²) in [5.41, 5.74) is 7.10. The van der Waals surface area contributed by atoms with Crippen molar-refractivity contribution in [3.8, 4) is 31.7 Å². The van der Waals surface area contributed by atoms with Crippen LogP contribution in [0.1, 0.15) is 11.1 Å². The molecule has 0 radical (unpaired) electrons. The molecule has 5 rings (SSSR count). The van der Waals surface area contributed by atoms with E-state index in [9.17, 15) is 0 Å². The molecule has 0 spiro atoms. The lowest BCUT2D eigenvalue weighted by Crippen LogP contribution is -2.09. The van der Waals surface area contributed by atoms with Gasteiger partial charge in [-0.2, -0.15) is 0 Å². The molecule has 176 valence electrons. The molecule has 3 nitrogen and oxygen atoms in total. The van der Waals surface area contributed by atoms with Crippen LogP contribution in [0.15, 0.2) is 90.3 Å². The second-order valence-corrected chi connectivity index (χ2v) is 10.3. The first-order valence-electron chi connectivity index (χ1n) is 11.4. The van der Waals surface area contributed by atoms with Crippen LogP contribution >= 0.6 is 22.7 Å². The van der Waals surface area contributed by atoms with E-state index >= 15 is 0 Å². The average molecular weight is 498 g/mol. The highest BCUT2D eigenvalue weighted by molar-refractivity contribution is 7.23. The first kappa shape index (κ1) is 23.2. The van der Waals surface area contributed by atoms with Crippen LogP contribution in [0.5, 0.6) is 11.5 Å². The average Bonchev–Trinajstić information content (AvgIpc) is 3.50. The van der Waals surface area contributed by atoms with Gasteiger partial charge >= 0.3 is 0 Å². The van der Waals surface area contributed by atoms with E-state index < -0.39 is 0 Å². The summed E-state index contributed by atoms with van der Waals surface area (Å²) in [5.74, 6) is 1.67. The van der Waals surface area contributed by atoms with E-state index in [4.69, 9.17) is 9.47 Å². The highest BCUT2D eigenvalue weighted by Gasteiger charge is 2.15. The normalized spacial score (nSPS) is 10.9. The maximum atomic E-state index is 5.37. The minimum atomic E-state index is 0.837. The molecule has 2 heterocycles. The van der Waals surface area contributed by atoms with Gasteiger partial charge in [-0.15, -0.1) is 22.7 Å². The summed E-state index contributed by atoms with van der Waals surface area (Å²) in [4.78, 5) is 6.27. The number of methoxy groups -OCH3 is 2. The van der Waals surface area contributed by atoms with Gasteiger partial charge in [0.1, 0.15) is 11.5 Å². The van der Waals surface area contributed by atoms with Crippen molar-refractivity contribution in [1.82, 2.24) is 0 Å². The monoisotopic (exact) mass is 497 g/mol. The van der Waals surface area contributed by atoms with Crippen LogP contribution in [0, 0.1) is 13.8 Å². The Morgan fingerprint density at radius 1 is 0.600 bits per heavy atom. The van der Waals surface area contributed by atoms with E-state index in [-0.39, 0.29) is 0 Å². The molecule has 0 saturated carbocycles. The zero-order valence-electron chi connectivity index (χ0n) is 20.2. The quantitative estimate of drug-likeness (QED) is 0.224. The molecule has 0 atom stereocenters. The fourth-order valence-corrected chi connectivity index (χ4v) is 6.47.